The average molecular weight is 408 g/mol. The summed E-state index contributed by atoms with van der Waals surface area (Å²) in [5.74, 6) is 2.54. The first-order valence-electron chi connectivity index (χ1n) is 10.2. The van der Waals surface area contributed by atoms with Crippen LogP contribution in [-0.4, -0.2) is 39.7 Å². The van der Waals surface area contributed by atoms with Gasteiger partial charge >= 0.3 is 0 Å². The Morgan fingerprint density at radius 3 is 2.86 bits per heavy atom. The Hall–Kier alpha value is -2.51. The van der Waals surface area contributed by atoms with Crippen molar-refractivity contribution in [3.05, 3.63) is 35.5 Å². The summed E-state index contributed by atoms with van der Waals surface area (Å²) in [6.45, 7) is 5.23. The number of hydrogen-bond acceptors (Lipinski definition) is 6. The maximum absolute atomic E-state index is 5.42. The van der Waals surface area contributed by atoms with Crippen LogP contribution in [0, 0.1) is 12.8 Å². The highest BCUT2D eigenvalue weighted by atomic mass is 32.1. The second kappa shape index (κ2) is 7.72. The van der Waals surface area contributed by atoms with Crippen molar-refractivity contribution in [2.24, 2.45) is 5.92 Å². The standard InChI is InChI=1S/C22H25N5OS/c1-14-19-20(17-4-3-16(28-2)13-18(17)25-14)27(11-7-15-5-8-23-9-6-15)21(26-19)22-24-10-12-29-22/h3-4,10,12-13,15,23H,5-9,11H2,1-2H3. The van der Waals surface area contributed by atoms with Crippen LogP contribution in [-0.2, 0) is 6.54 Å². The maximum atomic E-state index is 5.42. The van der Waals surface area contributed by atoms with Crippen LogP contribution in [0.5, 0.6) is 5.75 Å². The molecule has 0 bridgehead atoms. The minimum Gasteiger partial charge on any atom is -0.497 e. The van der Waals surface area contributed by atoms with Gasteiger partial charge in [0.15, 0.2) is 10.8 Å². The molecule has 0 atom stereocenters. The molecule has 1 aromatic carbocycles. The van der Waals surface area contributed by atoms with Crippen molar-refractivity contribution < 1.29 is 4.74 Å². The number of ether oxygens (including phenoxy) is 1. The van der Waals surface area contributed by atoms with Gasteiger partial charge < -0.3 is 14.6 Å². The molecule has 150 valence electrons. The van der Waals surface area contributed by atoms with Crippen LogP contribution in [0.4, 0.5) is 0 Å². The van der Waals surface area contributed by atoms with Gasteiger partial charge in [0.1, 0.15) is 11.3 Å². The zero-order valence-electron chi connectivity index (χ0n) is 16.8. The third kappa shape index (κ3) is 3.38. The monoisotopic (exact) mass is 407 g/mol. The number of aromatic nitrogens is 4. The molecule has 0 radical (unpaired) electrons. The summed E-state index contributed by atoms with van der Waals surface area (Å²) < 4.78 is 7.79. The van der Waals surface area contributed by atoms with E-state index in [1.165, 1.54) is 12.8 Å². The third-order valence-corrected chi connectivity index (χ3v) is 6.67. The molecule has 3 aromatic heterocycles. The molecule has 0 spiro atoms. The van der Waals surface area contributed by atoms with Gasteiger partial charge in [-0.1, -0.05) is 0 Å². The highest BCUT2D eigenvalue weighted by Gasteiger charge is 2.21. The van der Waals surface area contributed by atoms with Crippen molar-refractivity contribution in [2.45, 2.75) is 32.7 Å². The van der Waals surface area contributed by atoms with Crippen LogP contribution in [0.2, 0.25) is 0 Å². The Labute approximate surface area is 174 Å². The van der Waals surface area contributed by atoms with Crippen LogP contribution >= 0.6 is 11.3 Å². The van der Waals surface area contributed by atoms with Gasteiger partial charge in [-0.2, -0.15) is 0 Å². The Bertz CT molecular complexity index is 1150. The van der Waals surface area contributed by atoms with Crippen molar-refractivity contribution in [3.8, 4) is 16.6 Å². The summed E-state index contributed by atoms with van der Waals surface area (Å²) in [5.41, 5.74) is 4.02. The van der Waals surface area contributed by atoms with Gasteiger partial charge in [-0.05, 0) is 57.3 Å². The number of aryl methyl sites for hydroxylation is 2. The van der Waals surface area contributed by atoms with E-state index in [1.54, 1.807) is 18.4 Å². The topological polar surface area (TPSA) is 64.9 Å². The number of methoxy groups -OCH3 is 1. The highest BCUT2D eigenvalue weighted by Crippen LogP contribution is 2.34. The van der Waals surface area contributed by atoms with Crippen molar-refractivity contribution >= 4 is 33.3 Å². The summed E-state index contributed by atoms with van der Waals surface area (Å²) in [4.78, 5) is 14.4. The molecule has 1 fully saturated rings. The fourth-order valence-electron chi connectivity index (χ4n) is 4.34. The van der Waals surface area contributed by atoms with Crippen molar-refractivity contribution in [2.75, 3.05) is 20.2 Å². The number of benzene rings is 1. The van der Waals surface area contributed by atoms with Crippen LogP contribution < -0.4 is 10.1 Å². The lowest BCUT2D eigenvalue weighted by Gasteiger charge is -2.23. The maximum Gasteiger partial charge on any atom is 0.170 e. The van der Waals surface area contributed by atoms with E-state index < -0.39 is 0 Å². The van der Waals surface area contributed by atoms with Gasteiger partial charge in [0, 0.05) is 29.6 Å². The summed E-state index contributed by atoms with van der Waals surface area (Å²) in [6, 6.07) is 6.12. The smallest absolute Gasteiger partial charge is 0.170 e. The van der Waals surface area contributed by atoms with Gasteiger partial charge in [0.25, 0.3) is 0 Å². The first-order chi connectivity index (χ1) is 14.2. The lowest BCUT2D eigenvalue weighted by atomic mass is 9.94. The minimum atomic E-state index is 0.757. The fourth-order valence-corrected chi connectivity index (χ4v) is 4.97. The number of hydrogen-bond donors (Lipinski definition) is 1. The van der Waals surface area contributed by atoms with Gasteiger partial charge in [-0.3, -0.25) is 4.98 Å². The molecule has 1 aliphatic rings. The van der Waals surface area contributed by atoms with E-state index in [0.29, 0.717) is 0 Å². The Balaban J connectivity index is 1.68. The molecule has 4 heterocycles. The summed E-state index contributed by atoms with van der Waals surface area (Å²) >= 11 is 1.64. The van der Waals surface area contributed by atoms with Crippen LogP contribution in [0.1, 0.15) is 25.0 Å². The van der Waals surface area contributed by atoms with Crippen LogP contribution in [0.15, 0.2) is 29.8 Å². The van der Waals surface area contributed by atoms with Crippen LogP contribution in [0.3, 0.4) is 0 Å². The van der Waals surface area contributed by atoms with Gasteiger partial charge in [-0.15, -0.1) is 11.3 Å². The number of imidazole rings is 1. The molecule has 1 N–H and O–H groups in total. The molecule has 6 nitrogen and oxygen atoms in total. The van der Waals surface area contributed by atoms with Crippen LogP contribution in [0.25, 0.3) is 32.8 Å². The second-order valence-electron chi connectivity index (χ2n) is 7.68. The van der Waals surface area contributed by atoms with E-state index in [2.05, 4.69) is 20.9 Å². The predicted octanol–water partition coefficient (Wildman–Crippen LogP) is 4.41. The zero-order valence-corrected chi connectivity index (χ0v) is 17.6. The largest absolute Gasteiger partial charge is 0.497 e. The first kappa shape index (κ1) is 18.5. The molecule has 1 aliphatic heterocycles. The molecule has 0 aliphatic carbocycles. The summed E-state index contributed by atoms with van der Waals surface area (Å²) in [5, 5.41) is 7.56. The van der Waals surface area contributed by atoms with Crippen molar-refractivity contribution in [3.63, 3.8) is 0 Å². The second-order valence-corrected chi connectivity index (χ2v) is 8.58. The molecular formula is C22H25N5OS. The number of pyridine rings is 1. The lowest BCUT2D eigenvalue weighted by Crippen LogP contribution is -2.28. The molecule has 5 rings (SSSR count). The Morgan fingerprint density at radius 2 is 2.10 bits per heavy atom. The van der Waals surface area contributed by atoms with Crippen molar-refractivity contribution in [1.29, 1.82) is 0 Å². The Kier molecular flexibility index (Phi) is 4.93. The Morgan fingerprint density at radius 1 is 1.24 bits per heavy atom. The number of rotatable bonds is 5. The molecule has 0 amide bonds. The summed E-state index contributed by atoms with van der Waals surface area (Å²) in [6.07, 6.45) is 5.50. The molecular weight excluding hydrogens is 382 g/mol. The van der Waals surface area contributed by atoms with E-state index in [4.69, 9.17) is 14.7 Å². The molecule has 1 saturated heterocycles. The third-order valence-electron chi connectivity index (χ3n) is 5.90. The van der Waals surface area contributed by atoms with Gasteiger partial charge in [0.2, 0.25) is 0 Å². The number of fused-ring (bicyclic) bond motifs is 3. The van der Waals surface area contributed by atoms with E-state index >= 15 is 0 Å². The molecule has 29 heavy (non-hydrogen) atoms. The molecule has 0 saturated carbocycles. The van der Waals surface area contributed by atoms with Gasteiger partial charge in [0.05, 0.1) is 23.8 Å². The van der Waals surface area contributed by atoms with Crippen molar-refractivity contribution in [1.82, 2.24) is 24.8 Å². The predicted molar refractivity (Wildman–Crippen MR) is 118 cm³/mol. The SMILES string of the molecule is COc1ccc2c(c1)nc(C)c1nc(-c3nccs3)n(CCC3CCNCC3)c12. The normalized spacial score (nSPS) is 15.4. The van der Waals surface area contributed by atoms with Gasteiger partial charge in [-0.25, -0.2) is 9.97 Å². The highest BCUT2D eigenvalue weighted by molar-refractivity contribution is 7.13. The number of nitrogens with one attached hydrogen (secondary N) is 1. The minimum absolute atomic E-state index is 0.757. The molecule has 4 aromatic rings. The summed E-state index contributed by atoms with van der Waals surface area (Å²) in [7, 11) is 1.69. The van der Waals surface area contributed by atoms with E-state index in [9.17, 15) is 0 Å². The quantitative estimate of drug-likeness (QED) is 0.531. The van der Waals surface area contributed by atoms with E-state index in [-0.39, 0.29) is 0 Å². The average Bonchev–Trinajstić information content (AvgIpc) is 3.41. The molecule has 0 unspecified atom stereocenters. The fraction of sp³-hybridized carbons (Fsp3) is 0.409. The first-order valence-corrected chi connectivity index (χ1v) is 11.1. The molecule has 7 heteroatoms. The van der Waals surface area contributed by atoms with E-state index in [0.717, 1.165) is 76.2 Å². The number of piperidine rings is 1. The number of nitrogens with zero attached hydrogens (tertiary/aromatic N) is 4. The lowest BCUT2D eigenvalue weighted by molar-refractivity contribution is 0.340. The number of thiazole rings is 1. The van der Waals surface area contributed by atoms with E-state index in [1.807, 2.05) is 30.6 Å². The zero-order chi connectivity index (χ0) is 19.8.